The minimum atomic E-state index is -0.496. The van der Waals surface area contributed by atoms with Gasteiger partial charge in [0.1, 0.15) is 11.5 Å². The van der Waals surface area contributed by atoms with E-state index in [9.17, 15) is 9.59 Å². The maximum Gasteiger partial charge on any atom is 0.276 e. The molecule has 2 amide bonds. The normalized spacial score (nSPS) is 10.4. The molecule has 6 nitrogen and oxygen atoms in total. The molecule has 0 saturated heterocycles. The summed E-state index contributed by atoms with van der Waals surface area (Å²) >= 11 is 9.19. The molecule has 0 saturated carbocycles. The summed E-state index contributed by atoms with van der Waals surface area (Å²) in [5.41, 5.74) is 5.54. The Morgan fingerprint density at radius 3 is 2.19 bits per heavy atom. The summed E-state index contributed by atoms with van der Waals surface area (Å²) in [7, 11) is 0. The Labute approximate surface area is 171 Å². The van der Waals surface area contributed by atoms with E-state index in [-0.39, 0.29) is 19.1 Å². The van der Waals surface area contributed by atoms with Gasteiger partial charge in [0.15, 0.2) is 13.2 Å². The Morgan fingerprint density at radius 2 is 1.59 bits per heavy atom. The summed E-state index contributed by atoms with van der Waals surface area (Å²) in [6.45, 7) is 3.61. The Kier molecular flexibility index (Phi) is 7.94. The number of benzene rings is 2. The molecule has 2 aromatic rings. The zero-order valence-corrected chi connectivity index (χ0v) is 17.3. The van der Waals surface area contributed by atoms with Crippen molar-refractivity contribution in [1.82, 2.24) is 10.9 Å². The molecular weight excluding hydrogens is 436 g/mol. The molecule has 0 fully saturated rings. The second-order valence-electron chi connectivity index (χ2n) is 5.96. The van der Waals surface area contributed by atoms with Crippen LogP contribution in [-0.4, -0.2) is 25.0 Å². The summed E-state index contributed by atoms with van der Waals surface area (Å²) in [6.07, 6.45) is 0. The van der Waals surface area contributed by atoms with E-state index in [0.29, 0.717) is 16.5 Å². The van der Waals surface area contributed by atoms with Gasteiger partial charge in [-0.25, -0.2) is 0 Å². The zero-order chi connectivity index (χ0) is 19.8. The summed E-state index contributed by atoms with van der Waals surface area (Å²) in [5.74, 6) is 0.393. The van der Waals surface area contributed by atoms with Crippen LogP contribution in [0.2, 0.25) is 5.02 Å². The summed E-state index contributed by atoms with van der Waals surface area (Å²) in [6, 6.07) is 12.2. The van der Waals surface area contributed by atoms with Crippen LogP contribution in [0.3, 0.4) is 0 Å². The van der Waals surface area contributed by atoms with Gasteiger partial charge in [-0.2, -0.15) is 0 Å². The number of halogens is 2. The number of rotatable bonds is 7. The van der Waals surface area contributed by atoms with Crippen molar-refractivity contribution in [3.05, 3.63) is 57.5 Å². The summed E-state index contributed by atoms with van der Waals surface area (Å²) in [4.78, 5) is 23.6. The van der Waals surface area contributed by atoms with Gasteiger partial charge in [0, 0.05) is 9.50 Å². The van der Waals surface area contributed by atoms with Gasteiger partial charge >= 0.3 is 0 Å². The van der Waals surface area contributed by atoms with Crippen LogP contribution < -0.4 is 20.3 Å². The number of hydrogen-bond donors (Lipinski definition) is 2. The Bertz CT molecular complexity index is 797. The molecule has 2 rings (SSSR count). The highest BCUT2D eigenvalue weighted by Crippen LogP contribution is 2.29. The standard InChI is InChI=1S/C19H20BrClN2O4/c1-12(2)16-9-13(20)3-8-17(16)27-11-19(25)23-22-18(24)10-26-15-6-4-14(21)5-7-15/h3-9,12H,10-11H2,1-2H3,(H,22,24)(H,23,25). The molecule has 0 aliphatic carbocycles. The number of nitrogens with one attached hydrogen (secondary N) is 2. The highest BCUT2D eigenvalue weighted by atomic mass is 79.9. The Hall–Kier alpha value is -2.25. The van der Waals surface area contributed by atoms with Crippen molar-refractivity contribution >= 4 is 39.3 Å². The number of hydrogen-bond acceptors (Lipinski definition) is 4. The fraction of sp³-hybridized carbons (Fsp3) is 0.263. The van der Waals surface area contributed by atoms with Crippen molar-refractivity contribution in [3.8, 4) is 11.5 Å². The SMILES string of the molecule is CC(C)c1cc(Br)ccc1OCC(=O)NNC(=O)COc1ccc(Cl)cc1. The molecule has 0 unspecified atom stereocenters. The third kappa shape index (κ3) is 7.11. The second kappa shape index (κ2) is 10.2. The van der Waals surface area contributed by atoms with Crippen LogP contribution >= 0.6 is 27.5 Å². The van der Waals surface area contributed by atoms with Crippen LogP contribution in [0.5, 0.6) is 11.5 Å². The number of carbonyl (C=O) groups is 2. The molecule has 0 heterocycles. The Balaban J connectivity index is 1.74. The van der Waals surface area contributed by atoms with Gasteiger partial charge in [0.05, 0.1) is 0 Å². The zero-order valence-electron chi connectivity index (χ0n) is 14.9. The molecule has 0 aromatic heterocycles. The van der Waals surface area contributed by atoms with Crippen molar-refractivity contribution in [3.63, 3.8) is 0 Å². The number of amides is 2. The first kappa shape index (κ1) is 21.1. The molecule has 0 spiro atoms. The van der Waals surface area contributed by atoms with Gasteiger partial charge in [-0.1, -0.05) is 41.4 Å². The fourth-order valence-corrected chi connectivity index (χ4v) is 2.64. The summed E-state index contributed by atoms with van der Waals surface area (Å²) in [5, 5.41) is 0.575. The lowest BCUT2D eigenvalue weighted by atomic mass is 10.0. The molecule has 0 atom stereocenters. The van der Waals surface area contributed by atoms with Crippen LogP contribution in [0.25, 0.3) is 0 Å². The van der Waals surface area contributed by atoms with Crippen molar-refractivity contribution in [1.29, 1.82) is 0 Å². The molecule has 0 radical (unpaired) electrons. The molecule has 8 heteroatoms. The van der Waals surface area contributed by atoms with E-state index >= 15 is 0 Å². The molecular formula is C19H20BrClN2O4. The van der Waals surface area contributed by atoms with Crippen LogP contribution in [-0.2, 0) is 9.59 Å². The van der Waals surface area contributed by atoms with Gasteiger partial charge in [0.2, 0.25) is 0 Å². The molecule has 0 aliphatic heterocycles. The lowest BCUT2D eigenvalue weighted by molar-refractivity contribution is -0.131. The lowest BCUT2D eigenvalue weighted by Crippen LogP contribution is -2.45. The maximum absolute atomic E-state index is 11.9. The van der Waals surface area contributed by atoms with Gasteiger partial charge in [-0.3, -0.25) is 20.4 Å². The number of carbonyl (C=O) groups excluding carboxylic acids is 2. The van der Waals surface area contributed by atoms with Crippen LogP contribution in [0, 0.1) is 0 Å². The van der Waals surface area contributed by atoms with Gasteiger partial charge in [-0.15, -0.1) is 0 Å². The quantitative estimate of drug-likeness (QED) is 0.622. The van der Waals surface area contributed by atoms with Crippen molar-refractivity contribution < 1.29 is 19.1 Å². The van der Waals surface area contributed by atoms with Crippen molar-refractivity contribution in [2.45, 2.75) is 19.8 Å². The molecule has 27 heavy (non-hydrogen) atoms. The van der Waals surface area contributed by atoms with Gasteiger partial charge < -0.3 is 9.47 Å². The van der Waals surface area contributed by atoms with E-state index in [4.69, 9.17) is 21.1 Å². The topological polar surface area (TPSA) is 76.7 Å². The van der Waals surface area contributed by atoms with Crippen molar-refractivity contribution in [2.75, 3.05) is 13.2 Å². The van der Waals surface area contributed by atoms with Crippen LogP contribution in [0.1, 0.15) is 25.3 Å². The molecule has 2 N–H and O–H groups in total. The van der Waals surface area contributed by atoms with E-state index in [2.05, 4.69) is 26.8 Å². The fourth-order valence-electron chi connectivity index (χ4n) is 2.14. The number of hydrazine groups is 1. The second-order valence-corrected chi connectivity index (χ2v) is 7.32. The average Bonchev–Trinajstić information content (AvgIpc) is 2.64. The lowest BCUT2D eigenvalue weighted by Gasteiger charge is -2.14. The molecule has 144 valence electrons. The Morgan fingerprint density at radius 1 is 1.00 bits per heavy atom. The van der Waals surface area contributed by atoms with Crippen LogP contribution in [0.15, 0.2) is 46.9 Å². The van der Waals surface area contributed by atoms with E-state index < -0.39 is 11.8 Å². The minimum absolute atomic E-state index is 0.223. The predicted molar refractivity (Wildman–Crippen MR) is 107 cm³/mol. The molecule has 0 bridgehead atoms. The third-order valence-corrected chi connectivity index (χ3v) is 4.22. The molecule has 0 aliphatic rings. The summed E-state index contributed by atoms with van der Waals surface area (Å²) < 4.78 is 11.8. The first-order valence-electron chi connectivity index (χ1n) is 8.23. The highest BCUT2D eigenvalue weighted by Gasteiger charge is 2.11. The third-order valence-electron chi connectivity index (χ3n) is 3.48. The van der Waals surface area contributed by atoms with E-state index in [1.54, 1.807) is 30.3 Å². The number of ether oxygens (including phenoxy) is 2. The largest absolute Gasteiger partial charge is 0.484 e. The highest BCUT2D eigenvalue weighted by molar-refractivity contribution is 9.10. The van der Waals surface area contributed by atoms with Crippen molar-refractivity contribution in [2.24, 2.45) is 0 Å². The first-order valence-corrected chi connectivity index (χ1v) is 9.40. The monoisotopic (exact) mass is 454 g/mol. The minimum Gasteiger partial charge on any atom is -0.484 e. The van der Waals surface area contributed by atoms with E-state index in [1.807, 2.05) is 26.0 Å². The first-order chi connectivity index (χ1) is 12.8. The average molecular weight is 456 g/mol. The molecule has 2 aromatic carbocycles. The maximum atomic E-state index is 11.9. The van der Waals surface area contributed by atoms with Gasteiger partial charge in [0.25, 0.3) is 11.8 Å². The smallest absolute Gasteiger partial charge is 0.276 e. The predicted octanol–water partition coefficient (Wildman–Crippen LogP) is 3.83. The van der Waals surface area contributed by atoms with E-state index in [1.165, 1.54) is 0 Å². The van der Waals surface area contributed by atoms with Gasteiger partial charge in [-0.05, 0) is 53.9 Å². The van der Waals surface area contributed by atoms with Crippen LogP contribution in [0.4, 0.5) is 0 Å². The van der Waals surface area contributed by atoms with E-state index in [0.717, 1.165) is 10.0 Å².